The van der Waals surface area contributed by atoms with Crippen molar-refractivity contribution >= 4 is 11.8 Å². The summed E-state index contributed by atoms with van der Waals surface area (Å²) in [5, 5.41) is 3.13. The Morgan fingerprint density at radius 2 is 1.90 bits per heavy atom. The lowest BCUT2D eigenvalue weighted by Gasteiger charge is -2.31. The van der Waals surface area contributed by atoms with Crippen LogP contribution in [-0.2, 0) is 21.4 Å². The molecular formula is C25H32N2O3. The molecule has 2 aromatic rings. The number of furan rings is 1. The third-order valence-corrected chi connectivity index (χ3v) is 7.32. The number of carbonyl (C=O) groups excluding carboxylic acids is 2. The van der Waals surface area contributed by atoms with E-state index in [0.717, 1.165) is 25.1 Å². The summed E-state index contributed by atoms with van der Waals surface area (Å²) in [6.45, 7) is 5.29. The number of nitrogens with zero attached hydrogens (tertiary/aromatic N) is 1. The minimum absolute atomic E-state index is 0.0199. The zero-order valence-corrected chi connectivity index (χ0v) is 18.2. The maximum Gasteiger partial charge on any atom is 0.222 e. The zero-order chi connectivity index (χ0) is 21.4. The number of likely N-dealkylation sites (N-methyl/N-ethyl adjacent to an activating group) is 1. The molecule has 1 aromatic carbocycles. The maximum absolute atomic E-state index is 13.1. The van der Waals surface area contributed by atoms with Gasteiger partial charge in [-0.1, -0.05) is 44.2 Å². The lowest BCUT2D eigenvalue weighted by molar-refractivity contribution is -0.131. The minimum Gasteiger partial charge on any atom is -0.469 e. The van der Waals surface area contributed by atoms with Crippen molar-refractivity contribution < 1.29 is 14.0 Å². The van der Waals surface area contributed by atoms with Crippen molar-refractivity contribution in [1.82, 2.24) is 10.2 Å². The van der Waals surface area contributed by atoms with Crippen LogP contribution in [0.2, 0.25) is 0 Å². The van der Waals surface area contributed by atoms with E-state index in [-0.39, 0.29) is 28.2 Å². The third kappa shape index (κ3) is 3.90. The lowest BCUT2D eigenvalue weighted by Crippen LogP contribution is -2.45. The van der Waals surface area contributed by atoms with Gasteiger partial charge in [0.25, 0.3) is 0 Å². The molecule has 2 amide bonds. The van der Waals surface area contributed by atoms with Crippen LogP contribution in [0, 0.1) is 5.41 Å². The van der Waals surface area contributed by atoms with Gasteiger partial charge < -0.3 is 14.6 Å². The monoisotopic (exact) mass is 408 g/mol. The number of amides is 2. The summed E-state index contributed by atoms with van der Waals surface area (Å²) in [6.07, 6.45) is 5.66. The van der Waals surface area contributed by atoms with Crippen molar-refractivity contribution in [3.63, 3.8) is 0 Å². The first kappa shape index (κ1) is 20.7. The summed E-state index contributed by atoms with van der Waals surface area (Å²) in [6, 6.07) is 14.3. The Bertz CT molecular complexity index is 906. The molecule has 0 spiro atoms. The van der Waals surface area contributed by atoms with Gasteiger partial charge in [0.15, 0.2) is 0 Å². The second-order valence-corrected chi connectivity index (χ2v) is 9.84. The van der Waals surface area contributed by atoms with Crippen LogP contribution >= 0.6 is 0 Å². The SMILES string of the molecule is CN(C[C@@]1(c2ccccc2)CC1(C)C)C(=O)CC[C@@]1(Cc2ccco2)CCC(=O)N1. The van der Waals surface area contributed by atoms with Crippen LogP contribution in [0.5, 0.6) is 0 Å². The molecule has 30 heavy (non-hydrogen) atoms. The molecule has 0 radical (unpaired) electrons. The van der Waals surface area contributed by atoms with Crippen molar-refractivity contribution in [2.24, 2.45) is 5.41 Å². The van der Waals surface area contributed by atoms with Gasteiger partial charge in [-0.2, -0.15) is 0 Å². The Kier molecular flexibility index (Phi) is 5.25. The molecule has 1 N–H and O–H groups in total. The van der Waals surface area contributed by atoms with E-state index in [4.69, 9.17) is 4.42 Å². The highest BCUT2D eigenvalue weighted by atomic mass is 16.3. The lowest BCUT2D eigenvalue weighted by atomic mass is 9.86. The summed E-state index contributed by atoms with van der Waals surface area (Å²) < 4.78 is 5.51. The largest absolute Gasteiger partial charge is 0.469 e. The third-order valence-electron chi connectivity index (χ3n) is 7.32. The van der Waals surface area contributed by atoms with E-state index in [1.54, 1.807) is 6.26 Å². The molecular weight excluding hydrogens is 376 g/mol. The highest BCUT2D eigenvalue weighted by molar-refractivity contribution is 5.80. The van der Waals surface area contributed by atoms with E-state index in [1.807, 2.05) is 30.1 Å². The summed E-state index contributed by atoms with van der Waals surface area (Å²) in [5.41, 5.74) is 1.13. The molecule has 5 nitrogen and oxygen atoms in total. The summed E-state index contributed by atoms with van der Waals surface area (Å²) >= 11 is 0. The predicted molar refractivity (Wildman–Crippen MR) is 116 cm³/mol. The van der Waals surface area contributed by atoms with Crippen LogP contribution in [-0.4, -0.2) is 35.8 Å². The van der Waals surface area contributed by atoms with Crippen LogP contribution in [0.1, 0.15) is 57.3 Å². The van der Waals surface area contributed by atoms with Gasteiger partial charge in [-0.05, 0) is 42.4 Å². The molecule has 2 atom stereocenters. The summed E-state index contributed by atoms with van der Waals surface area (Å²) in [7, 11) is 1.91. The smallest absolute Gasteiger partial charge is 0.222 e. The summed E-state index contributed by atoms with van der Waals surface area (Å²) in [4.78, 5) is 26.9. The predicted octanol–water partition coefficient (Wildman–Crippen LogP) is 4.08. The van der Waals surface area contributed by atoms with Crippen molar-refractivity contribution in [3.05, 3.63) is 60.1 Å². The topological polar surface area (TPSA) is 62.6 Å². The van der Waals surface area contributed by atoms with Crippen molar-refractivity contribution in [2.75, 3.05) is 13.6 Å². The van der Waals surface area contributed by atoms with Gasteiger partial charge in [0.2, 0.25) is 11.8 Å². The fraction of sp³-hybridized carbons (Fsp3) is 0.520. The van der Waals surface area contributed by atoms with Gasteiger partial charge in [-0.25, -0.2) is 0 Å². The first-order valence-corrected chi connectivity index (χ1v) is 10.9. The van der Waals surface area contributed by atoms with Crippen LogP contribution in [0.3, 0.4) is 0 Å². The molecule has 1 aromatic heterocycles. The number of benzene rings is 1. The van der Waals surface area contributed by atoms with Gasteiger partial charge in [0, 0.05) is 43.8 Å². The normalized spacial score (nSPS) is 27.0. The Morgan fingerprint density at radius 1 is 1.17 bits per heavy atom. The van der Waals surface area contributed by atoms with E-state index < -0.39 is 0 Å². The van der Waals surface area contributed by atoms with Crippen LogP contribution in [0.4, 0.5) is 0 Å². The van der Waals surface area contributed by atoms with Crippen molar-refractivity contribution in [1.29, 1.82) is 0 Å². The molecule has 1 aliphatic heterocycles. The van der Waals surface area contributed by atoms with Gasteiger partial charge in [-0.15, -0.1) is 0 Å². The Labute approximate surface area is 178 Å². The van der Waals surface area contributed by atoms with Crippen LogP contribution in [0.25, 0.3) is 0 Å². The Morgan fingerprint density at radius 3 is 2.47 bits per heavy atom. The number of nitrogens with one attached hydrogen (secondary N) is 1. The number of rotatable bonds is 8. The van der Waals surface area contributed by atoms with Crippen LogP contribution < -0.4 is 5.32 Å². The molecule has 2 fully saturated rings. The fourth-order valence-electron chi connectivity index (χ4n) is 5.28. The van der Waals surface area contributed by atoms with Gasteiger partial charge in [0.1, 0.15) is 5.76 Å². The van der Waals surface area contributed by atoms with E-state index in [1.165, 1.54) is 5.56 Å². The average Bonchev–Trinajstić information content (AvgIpc) is 3.08. The van der Waals surface area contributed by atoms with E-state index in [9.17, 15) is 9.59 Å². The summed E-state index contributed by atoms with van der Waals surface area (Å²) in [5.74, 6) is 1.04. The van der Waals surface area contributed by atoms with Gasteiger partial charge >= 0.3 is 0 Å². The molecule has 2 heterocycles. The van der Waals surface area contributed by atoms with Gasteiger partial charge in [-0.3, -0.25) is 9.59 Å². The fourth-order valence-corrected chi connectivity index (χ4v) is 5.28. The maximum atomic E-state index is 13.1. The molecule has 2 aliphatic rings. The van der Waals surface area contributed by atoms with Gasteiger partial charge in [0.05, 0.1) is 6.26 Å². The minimum atomic E-state index is -0.387. The number of hydrogen-bond acceptors (Lipinski definition) is 3. The molecule has 1 saturated heterocycles. The van der Waals surface area contributed by atoms with Crippen molar-refractivity contribution in [2.45, 2.75) is 63.3 Å². The number of carbonyl (C=O) groups is 2. The average molecular weight is 409 g/mol. The zero-order valence-electron chi connectivity index (χ0n) is 18.2. The highest BCUT2D eigenvalue weighted by Gasteiger charge is 2.62. The molecule has 4 rings (SSSR count). The molecule has 1 aliphatic carbocycles. The molecule has 160 valence electrons. The molecule has 5 heteroatoms. The molecule has 0 unspecified atom stereocenters. The molecule has 0 bridgehead atoms. The second-order valence-electron chi connectivity index (χ2n) is 9.84. The standard InChI is InChI=1S/C25H32N2O3/c1-23(2)17-25(23,19-8-5-4-6-9-19)18-27(3)22(29)12-14-24(13-11-21(28)26-24)16-20-10-7-15-30-20/h4-10,15H,11-14,16-18H2,1-3H3,(H,26,28)/t24-,25-/m1/s1. The van der Waals surface area contributed by atoms with E-state index in [2.05, 4.69) is 43.4 Å². The first-order chi connectivity index (χ1) is 14.3. The second kappa shape index (κ2) is 7.60. The van der Waals surface area contributed by atoms with E-state index in [0.29, 0.717) is 25.7 Å². The first-order valence-electron chi connectivity index (χ1n) is 10.9. The van der Waals surface area contributed by atoms with Crippen LogP contribution in [0.15, 0.2) is 53.1 Å². The molecule has 1 saturated carbocycles. The Balaban J connectivity index is 1.41. The van der Waals surface area contributed by atoms with E-state index >= 15 is 0 Å². The highest BCUT2D eigenvalue weighted by Crippen LogP contribution is 2.64. The number of hydrogen-bond donors (Lipinski definition) is 1. The Hall–Kier alpha value is -2.56. The van der Waals surface area contributed by atoms with Crippen molar-refractivity contribution in [3.8, 4) is 0 Å². The quantitative estimate of drug-likeness (QED) is 0.716.